The lowest BCUT2D eigenvalue weighted by Crippen LogP contribution is -2.26. The smallest absolute Gasteiger partial charge is 0.304 e. The lowest BCUT2D eigenvalue weighted by molar-refractivity contribution is -0.137. The van der Waals surface area contributed by atoms with Crippen molar-refractivity contribution in [3.05, 3.63) is 23.8 Å². The van der Waals surface area contributed by atoms with E-state index in [1.54, 1.807) is 39.3 Å². The highest BCUT2D eigenvalue weighted by Crippen LogP contribution is 2.30. The summed E-state index contributed by atoms with van der Waals surface area (Å²) in [6, 6.07) is 5.06. The summed E-state index contributed by atoms with van der Waals surface area (Å²) < 4.78 is 10.3. The quantitative estimate of drug-likeness (QED) is 0.805. The molecule has 100 valence electrons. The maximum absolute atomic E-state index is 10.9. The molecule has 0 heterocycles. The zero-order valence-electron chi connectivity index (χ0n) is 10.8. The predicted molar refractivity (Wildman–Crippen MR) is 68.2 cm³/mol. The van der Waals surface area contributed by atoms with Crippen molar-refractivity contribution >= 4 is 5.97 Å². The molecule has 0 aliphatic rings. The largest absolute Gasteiger partial charge is 0.497 e. The van der Waals surface area contributed by atoms with Crippen LogP contribution in [-0.4, -0.2) is 31.3 Å². The zero-order valence-corrected chi connectivity index (χ0v) is 10.8. The van der Waals surface area contributed by atoms with Gasteiger partial charge >= 0.3 is 5.97 Å². The Kier molecular flexibility index (Phi) is 4.97. The molecule has 0 aliphatic heterocycles. The molecule has 0 spiro atoms. The van der Waals surface area contributed by atoms with E-state index in [-0.39, 0.29) is 18.4 Å². The number of benzene rings is 1. The van der Waals surface area contributed by atoms with Crippen molar-refractivity contribution in [3.63, 3.8) is 0 Å². The molecule has 0 aromatic heterocycles. The van der Waals surface area contributed by atoms with Gasteiger partial charge in [0.2, 0.25) is 0 Å². The summed E-state index contributed by atoms with van der Waals surface area (Å²) >= 11 is 0. The highest BCUT2D eigenvalue weighted by Gasteiger charge is 2.21. The van der Waals surface area contributed by atoms with Gasteiger partial charge < -0.3 is 20.3 Å². The van der Waals surface area contributed by atoms with Crippen LogP contribution in [0, 0.1) is 0 Å². The molecule has 2 unspecified atom stereocenters. The van der Waals surface area contributed by atoms with Crippen molar-refractivity contribution in [1.82, 2.24) is 0 Å². The Bertz CT molecular complexity index is 395. The maximum Gasteiger partial charge on any atom is 0.304 e. The highest BCUT2D eigenvalue weighted by atomic mass is 16.5. The molecule has 0 saturated heterocycles. The van der Waals surface area contributed by atoms with Gasteiger partial charge in [-0.25, -0.2) is 0 Å². The third kappa shape index (κ3) is 3.63. The number of carboxylic acid groups (broad SMARTS) is 1. The molecular weight excluding hydrogens is 234 g/mol. The number of nitrogens with two attached hydrogens (primary N) is 1. The Morgan fingerprint density at radius 3 is 2.11 bits per heavy atom. The second kappa shape index (κ2) is 6.26. The Labute approximate surface area is 107 Å². The van der Waals surface area contributed by atoms with E-state index >= 15 is 0 Å². The fraction of sp³-hybridized carbons (Fsp3) is 0.462. The first kappa shape index (κ1) is 14.3. The van der Waals surface area contributed by atoms with E-state index in [0.29, 0.717) is 11.5 Å². The van der Waals surface area contributed by atoms with Gasteiger partial charge in [-0.1, -0.05) is 0 Å². The highest BCUT2D eigenvalue weighted by molar-refractivity contribution is 5.68. The third-order valence-electron chi connectivity index (χ3n) is 2.83. The molecule has 0 amide bonds. The van der Waals surface area contributed by atoms with Gasteiger partial charge in [-0.05, 0) is 24.6 Å². The van der Waals surface area contributed by atoms with Gasteiger partial charge in [-0.3, -0.25) is 4.79 Å². The normalized spacial score (nSPS) is 13.8. The van der Waals surface area contributed by atoms with E-state index < -0.39 is 5.97 Å². The van der Waals surface area contributed by atoms with E-state index in [9.17, 15) is 4.79 Å². The Hall–Kier alpha value is -1.75. The predicted octanol–water partition coefficient (Wildman–Crippen LogP) is 1.61. The van der Waals surface area contributed by atoms with E-state index in [2.05, 4.69) is 0 Å². The van der Waals surface area contributed by atoms with Crippen LogP contribution in [0.3, 0.4) is 0 Å². The summed E-state index contributed by atoms with van der Waals surface area (Å²) in [5.74, 6) is 0.103. The third-order valence-corrected chi connectivity index (χ3v) is 2.83. The number of hydrogen-bond donors (Lipinski definition) is 2. The van der Waals surface area contributed by atoms with Crippen molar-refractivity contribution in [3.8, 4) is 11.5 Å². The van der Waals surface area contributed by atoms with Gasteiger partial charge in [0.1, 0.15) is 11.5 Å². The molecule has 5 nitrogen and oxygen atoms in total. The van der Waals surface area contributed by atoms with Crippen LogP contribution in [-0.2, 0) is 4.79 Å². The fourth-order valence-electron chi connectivity index (χ4n) is 1.84. The topological polar surface area (TPSA) is 81.8 Å². The van der Waals surface area contributed by atoms with Crippen LogP contribution in [0.25, 0.3) is 0 Å². The first-order chi connectivity index (χ1) is 8.47. The summed E-state index contributed by atoms with van der Waals surface area (Å²) in [6.07, 6.45) is -0.0199. The van der Waals surface area contributed by atoms with Crippen molar-refractivity contribution in [2.24, 2.45) is 5.73 Å². The molecule has 1 aromatic rings. The van der Waals surface area contributed by atoms with Crippen molar-refractivity contribution in [2.45, 2.75) is 25.3 Å². The molecule has 1 rings (SSSR count). The Morgan fingerprint density at radius 2 is 1.78 bits per heavy atom. The van der Waals surface area contributed by atoms with Gasteiger partial charge in [-0.2, -0.15) is 0 Å². The number of aliphatic carboxylic acids is 1. The number of carbonyl (C=O) groups is 1. The summed E-state index contributed by atoms with van der Waals surface area (Å²) in [4.78, 5) is 10.9. The van der Waals surface area contributed by atoms with Crippen molar-refractivity contribution in [1.29, 1.82) is 0 Å². The SMILES string of the molecule is COc1cc(OC)cc(C(CC(=O)O)C(C)N)c1. The van der Waals surface area contributed by atoms with Gasteiger partial charge in [0, 0.05) is 18.0 Å². The Balaban J connectivity index is 3.13. The van der Waals surface area contributed by atoms with E-state index in [0.717, 1.165) is 5.56 Å². The lowest BCUT2D eigenvalue weighted by atomic mass is 9.89. The maximum atomic E-state index is 10.9. The second-order valence-electron chi connectivity index (χ2n) is 4.21. The average Bonchev–Trinajstić information content (AvgIpc) is 2.34. The van der Waals surface area contributed by atoms with Crippen LogP contribution < -0.4 is 15.2 Å². The fourth-order valence-corrected chi connectivity index (χ4v) is 1.84. The average molecular weight is 253 g/mol. The molecule has 3 N–H and O–H groups in total. The minimum absolute atomic E-state index is 0.0199. The summed E-state index contributed by atoms with van der Waals surface area (Å²) in [6.45, 7) is 1.79. The van der Waals surface area contributed by atoms with E-state index in [1.165, 1.54) is 0 Å². The van der Waals surface area contributed by atoms with Crippen molar-refractivity contribution < 1.29 is 19.4 Å². The number of methoxy groups -OCH3 is 2. The second-order valence-corrected chi connectivity index (χ2v) is 4.21. The van der Waals surface area contributed by atoms with Crippen LogP contribution in [0.1, 0.15) is 24.8 Å². The standard InChI is InChI=1S/C13H19NO4/c1-8(14)12(7-13(15)16)9-4-10(17-2)6-11(5-9)18-3/h4-6,8,12H,7,14H2,1-3H3,(H,15,16). The molecule has 2 atom stereocenters. The summed E-state index contributed by atoms with van der Waals surface area (Å²) in [5, 5.41) is 8.93. The molecule has 0 saturated carbocycles. The van der Waals surface area contributed by atoms with Crippen LogP contribution in [0.2, 0.25) is 0 Å². The molecule has 0 fully saturated rings. The summed E-state index contributed by atoms with van der Waals surface area (Å²) in [5.41, 5.74) is 6.66. The van der Waals surface area contributed by atoms with Gasteiger partial charge in [0.25, 0.3) is 0 Å². The lowest BCUT2D eigenvalue weighted by Gasteiger charge is -2.20. The Morgan fingerprint density at radius 1 is 1.28 bits per heavy atom. The van der Waals surface area contributed by atoms with Gasteiger partial charge in [0.15, 0.2) is 0 Å². The number of carboxylic acids is 1. The first-order valence-electron chi connectivity index (χ1n) is 5.68. The van der Waals surface area contributed by atoms with E-state index in [4.69, 9.17) is 20.3 Å². The number of hydrogen-bond acceptors (Lipinski definition) is 4. The number of ether oxygens (including phenoxy) is 2. The number of rotatable bonds is 6. The van der Waals surface area contributed by atoms with Gasteiger partial charge in [-0.15, -0.1) is 0 Å². The van der Waals surface area contributed by atoms with E-state index in [1.807, 2.05) is 0 Å². The molecule has 0 aliphatic carbocycles. The van der Waals surface area contributed by atoms with Crippen LogP contribution in [0.15, 0.2) is 18.2 Å². The summed E-state index contributed by atoms with van der Waals surface area (Å²) in [7, 11) is 3.10. The monoisotopic (exact) mass is 253 g/mol. The van der Waals surface area contributed by atoms with Crippen molar-refractivity contribution in [2.75, 3.05) is 14.2 Å². The van der Waals surface area contributed by atoms with Crippen LogP contribution in [0.4, 0.5) is 0 Å². The molecule has 0 radical (unpaired) electrons. The minimum Gasteiger partial charge on any atom is -0.497 e. The molecule has 0 bridgehead atoms. The van der Waals surface area contributed by atoms with Gasteiger partial charge in [0.05, 0.1) is 20.6 Å². The molecule has 18 heavy (non-hydrogen) atoms. The molecule has 5 heteroatoms. The zero-order chi connectivity index (χ0) is 13.7. The van der Waals surface area contributed by atoms with Crippen LogP contribution >= 0.6 is 0 Å². The minimum atomic E-state index is -0.876. The first-order valence-corrected chi connectivity index (χ1v) is 5.68. The van der Waals surface area contributed by atoms with Crippen LogP contribution in [0.5, 0.6) is 11.5 Å². The molecular formula is C13H19NO4. The molecule has 1 aromatic carbocycles.